The number of carbonyl (C=O) groups excluding carboxylic acids is 1. The molecule has 1 fully saturated rings. The van der Waals surface area contributed by atoms with E-state index < -0.39 is 0 Å². The van der Waals surface area contributed by atoms with Crippen LogP contribution in [-0.2, 0) is 0 Å². The molecule has 1 aliphatic heterocycles. The Morgan fingerprint density at radius 3 is 3.06 bits per heavy atom. The van der Waals surface area contributed by atoms with Crippen LogP contribution in [0.2, 0.25) is 0 Å². The molecule has 1 aromatic rings. The average molecular weight is 248 g/mol. The molecule has 1 atom stereocenters. The molecule has 0 bridgehead atoms. The summed E-state index contributed by atoms with van der Waals surface area (Å²) in [4.78, 5) is 18.4. The van der Waals surface area contributed by atoms with Crippen molar-refractivity contribution in [2.24, 2.45) is 0 Å². The highest BCUT2D eigenvalue weighted by Crippen LogP contribution is 2.15. The van der Waals surface area contributed by atoms with E-state index in [0.29, 0.717) is 23.8 Å². The lowest BCUT2D eigenvalue weighted by atomic mass is 10.2. The Balaban J connectivity index is 1.95. The normalized spacial score (nSPS) is 20.0. The number of anilines is 1. The van der Waals surface area contributed by atoms with E-state index in [2.05, 4.69) is 22.2 Å². The maximum absolute atomic E-state index is 12.0. The van der Waals surface area contributed by atoms with Crippen LogP contribution in [0, 0.1) is 6.92 Å². The van der Waals surface area contributed by atoms with Gasteiger partial charge in [0.05, 0.1) is 5.56 Å². The number of nitrogens with zero attached hydrogens (tertiary/aromatic N) is 2. The first-order chi connectivity index (χ1) is 8.58. The van der Waals surface area contributed by atoms with Crippen LogP contribution in [0.3, 0.4) is 0 Å². The van der Waals surface area contributed by atoms with Gasteiger partial charge in [0.1, 0.15) is 0 Å². The summed E-state index contributed by atoms with van der Waals surface area (Å²) < 4.78 is 0. The molecule has 5 heteroatoms. The molecule has 5 nitrogen and oxygen atoms in total. The maximum Gasteiger partial charge on any atom is 0.255 e. The van der Waals surface area contributed by atoms with E-state index in [1.54, 1.807) is 12.3 Å². The summed E-state index contributed by atoms with van der Waals surface area (Å²) in [5.41, 5.74) is 7.59. The fourth-order valence-corrected chi connectivity index (χ4v) is 2.31. The average Bonchev–Trinajstić information content (AvgIpc) is 2.72. The van der Waals surface area contributed by atoms with Crippen molar-refractivity contribution in [3.05, 3.63) is 23.5 Å². The van der Waals surface area contributed by atoms with Gasteiger partial charge in [-0.1, -0.05) is 0 Å². The fraction of sp³-hybridized carbons (Fsp3) is 0.538. The fourth-order valence-electron chi connectivity index (χ4n) is 2.31. The Morgan fingerprint density at radius 2 is 2.44 bits per heavy atom. The van der Waals surface area contributed by atoms with Crippen molar-refractivity contribution >= 4 is 11.6 Å². The van der Waals surface area contributed by atoms with E-state index in [1.807, 2.05) is 6.92 Å². The first-order valence-electron chi connectivity index (χ1n) is 6.28. The lowest BCUT2D eigenvalue weighted by molar-refractivity contribution is 0.0944. The van der Waals surface area contributed by atoms with E-state index in [1.165, 1.54) is 6.42 Å². The number of rotatable bonds is 3. The lowest BCUT2D eigenvalue weighted by Gasteiger charge is -2.19. The Morgan fingerprint density at radius 1 is 1.67 bits per heavy atom. The Hall–Kier alpha value is -1.62. The summed E-state index contributed by atoms with van der Waals surface area (Å²) in [6, 6.07) is 2.16. The molecular formula is C13H20N4O. The molecule has 18 heavy (non-hydrogen) atoms. The quantitative estimate of drug-likeness (QED) is 0.830. The Kier molecular flexibility index (Phi) is 3.81. The van der Waals surface area contributed by atoms with E-state index in [4.69, 9.17) is 5.73 Å². The number of amides is 1. The summed E-state index contributed by atoms with van der Waals surface area (Å²) >= 11 is 0. The molecule has 3 N–H and O–H groups in total. The van der Waals surface area contributed by atoms with Crippen LogP contribution >= 0.6 is 0 Å². The zero-order valence-corrected chi connectivity index (χ0v) is 10.9. The highest BCUT2D eigenvalue weighted by Gasteiger charge is 2.21. The number of aryl methyl sites for hydroxylation is 1. The molecule has 0 saturated carbocycles. The second-order valence-corrected chi connectivity index (χ2v) is 4.90. The minimum atomic E-state index is -0.139. The predicted octanol–water partition coefficient (Wildman–Crippen LogP) is 0.796. The van der Waals surface area contributed by atoms with Gasteiger partial charge in [-0.05, 0) is 39.4 Å². The lowest BCUT2D eigenvalue weighted by Crippen LogP contribution is -2.38. The van der Waals surface area contributed by atoms with Crippen LogP contribution < -0.4 is 11.1 Å². The van der Waals surface area contributed by atoms with Crippen molar-refractivity contribution in [2.45, 2.75) is 25.8 Å². The van der Waals surface area contributed by atoms with Crippen LogP contribution in [0.1, 0.15) is 28.9 Å². The predicted molar refractivity (Wildman–Crippen MR) is 71.4 cm³/mol. The number of pyridine rings is 1. The van der Waals surface area contributed by atoms with E-state index in [-0.39, 0.29) is 5.91 Å². The molecular weight excluding hydrogens is 228 g/mol. The van der Waals surface area contributed by atoms with Gasteiger partial charge in [-0.25, -0.2) is 0 Å². The Labute approximate surface area is 107 Å². The number of nitrogens with one attached hydrogen (secondary N) is 1. The van der Waals surface area contributed by atoms with Crippen LogP contribution in [0.25, 0.3) is 0 Å². The molecule has 1 unspecified atom stereocenters. The number of carbonyl (C=O) groups is 1. The van der Waals surface area contributed by atoms with Gasteiger partial charge in [0, 0.05) is 30.2 Å². The third-order valence-electron chi connectivity index (χ3n) is 3.49. The number of hydrogen-bond donors (Lipinski definition) is 2. The van der Waals surface area contributed by atoms with Gasteiger partial charge >= 0.3 is 0 Å². The molecule has 2 rings (SSSR count). The minimum Gasteiger partial charge on any atom is -0.398 e. The van der Waals surface area contributed by atoms with Crippen LogP contribution in [-0.4, -0.2) is 42.0 Å². The zero-order valence-electron chi connectivity index (χ0n) is 10.9. The third-order valence-corrected chi connectivity index (χ3v) is 3.49. The molecule has 1 aliphatic rings. The summed E-state index contributed by atoms with van der Waals surface area (Å²) in [7, 11) is 2.09. The van der Waals surface area contributed by atoms with Gasteiger partial charge in [0.25, 0.3) is 5.91 Å². The van der Waals surface area contributed by atoms with Gasteiger partial charge in [0.15, 0.2) is 0 Å². The number of likely N-dealkylation sites (N-methyl/N-ethyl adjacent to an activating group) is 1. The molecule has 1 amide bonds. The van der Waals surface area contributed by atoms with Crippen molar-refractivity contribution in [1.82, 2.24) is 15.2 Å². The van der Waals surface area contributed by atoms with Crippen LogP contribution in [0.5, 0.6) is 0 Å². The van der Waals surface area contributed by atoms with Gasteiger partial charge < -0.3 is 16.0 Å². The largest absolute Gasteiger partial charge is 0.398 e. The molecule has 1 aromatic heterocycles. The second-order valence-electron chi connectivity index (χ2n) is 4.90. The summed E-state index contributed by atoms with van der Waals surface area (Å²) in [6.45, 7) is 3.63. The van der Waals surface area contributed by atoms with Crippen molar-refractivity contribution in [3.8, 4) is 0 Å². The first kappa shape index (κ1) is 12.8. The highest BCUT2D eigenvalue weighted by atomic mass is 16.1. The molecule has 0 aromatic carbocycles. The monoisotopic (exact) mass is 248 g/mol. The van der Waals surface area contributed by atoms with Crippen molar-refractivity contribution in [1.29, 1.82) is 0 Å². The number of aromatic nitrogens is 1. The molecule has 0 radical (unpaired) electrons. The Bertz CT molecular complexity index is 447. The SMILES string of the molecule is Cc1cc(N)c(C(=O)NCC2CCCN2C)cn1. The van der Waals surface area contributed by atoms with Crippen LogP contribution in [0.4, 0.5) is 5.69 Å². The number of nitrogens with two attached hydrogens (primary N) is 1. The van der Waals surface area contributed by atoms with Crippen molar-refractivity contribution < 1.29 is 4.79 Å². The molecule has 1 saturated heterocycles. The van der Waals surface area contributed by atoms with Crippen molar-refractivity contribution in [3.63, 3.8) is 0 Å². The van der Waals surface area contributed by atoms with E-state index in [0.717, 1.165) is 18.7 Å². The first-order valence-corrected chi connectivity index (χ1v) is 6.28. The number of nitrogen functional groups attached to an aromatic ring is 1. The van der Waals surface area contributed by atoms with E-state index in [9.17, 15) is 4.79 Å². The van der Waals surface area contributed by atoms with Gasteiger partial charge in [0.2, 0.25) is 0 Å². The maximum atomic E-state index is 12.0. The van der Waals surface area contributed by atoms with Gasteiger partial charge in [-0.15, -0.1) is 0 Å². The minimum absolute atomic E-state index is 0.139. The molecule has 98 valence electrons. The van der Waals surface area contributed by atoms with Crippen molar-refractivity contribution in [2.75, 3.05) is 25.9 Å². The van der Waals surface area contributed by atoms with Gasteiger partial charge in [-0.3, -0.25) is 9.78 Å². The third kappa shape index (κ3) is 2.79. The highest BCUT2D eigenvalue weighted by molar-refractivity contribution is 5.98. The summed E-state index contributed by atoms with van der Waals surface area (Å²) in [6.07, 6.45) is 3.88. The molecule has 0 spiro atoms. The number of likely N-dealkylation sites (tertiary alicyclic amines) is 1. The second kappa shape index (κ2) is 5.35. The molecule has 2 heterocycles. The molecule has 0 aliphatic carbocycles. The zero-order chi connectivity index (χ0) is 13.1. The van der Waals surface area contributed by atoms with Crippen LogP contribution in [0.15, 0.2) is 12.3 Å². The smallest absolute Gasteiger partial charge is 0.255 e. The number of hydrogen-bond acceptors (Lipinski definition) is 4. The standard InChI is InChI=1S/C13H20N4O/c1-9-6-12(14)11(8-15-9)13(18)16-7-10-4-3-5-17(10)2/h6,8,10H,3-5,7H2,1-2H3,(H2,14,15)(H,16,18). The van der Waals surface area contributed by atoms with Gasteiger partial charge in [-0.2, -0.15) is 0 Å². The van der Waals surface area contributed by atoms with E-state index >= 15 is 0 Å². The summed E-state index contributed by atoms with van der Waals surface area (Å²) in [5.74, 6) is -0.139. The summed E-state index contributed by atoms with van der Waals surface area (Å²) in [5, 5.41) is 2.93. The topological polar surface area (TPSA) is 71.2 Å².